The molecule has 0 aliphatic carbocycles. The van der Waals surface area contributed by atoms with Crippen LogP contribution in [-0.4, -0.2) is 18.1 Å². The first-order valence-electron chi connectivity index (χ1n) is 5.33. The normalized spacial score (nSPS) is 10.4. The van der Waals surface area contributed by atoms with Gasteiger partial charge in [-0.2, -0.15) is 4.39 Å². The van der Waals surface area contributed by atoms with Gasteiger partial charge in [0.05, 0.1) is 33.3 Å². The summed E-state index contributed by atoms with van der Waals surface area (Å²) in [6.45, 7) is 0. The smallest absolute Gasteiger partial charge is 0.338 e. The Bertz CT molecular complexity index is 668. The maximum Gasteiger partial charge on any atom is 0.338 e. The molecule has 0 unspecified atom stereocenters. The first-order chi connectivity index (χ1) is 9.45. The van der Waals surface area contributed by atoms with E-state index in [1.165, 1.54) is 31.5 Å². The number of benzene rings is 1. The number of hydrogen-bond donors (Lipinski definition) is 0. The molecular formula is C13H7Cl3FNO2. The summed E-state index contributed by atoms with van der Waals surface area (Å²) < 4.78 is 18.6. The molecular weight excluding hydrogens is 328 g/mol. The van der Waals surface area contributed by atoms with E-state index in [0.29, 0.717) is 0 Å². The lowest BCUT2D eigenvalue weighted by Gasteiger charge is -2.10. The number of ether oxygens (including phenoxy) is 1. The number of rotatable bonds is 2. The van der Waals surface area contributed by atoms with Gasteiger partial charge in [0.25, 0.3) is 0 Å². The molecule has 0 saturated heterocycles. The molecule has 104 valence electrons. The minimum absolute atomic E-state index is 0.0226. The predicted octanol–water partition coefficient (Wildman–Crippen LogP) is 4.63. The molecule has 0 spiro atoms. The molecule has 2 aromatic rings. The number of aromatic nitrogens is 1. The summed E-state index contributed by atoms with van der Waals surface area (Å²) in [5.41, 5.74) is 0.268. The molecule has 1 heterocycles. The summed E-state index contributed by atoms with van der Waals surface area (Å²) in [4.78, 5) is 15.2. The number of esters is 1. The summed E-state index contributed by atoms with van der Waals surface area (Å²) in [6.07, 6.45) is 1.17. The first kappa shape index (κ1) is 15.0. The highest BCUT2D eigenvalue weighted by atomic mass is 35.5. The molecule has 0 amide bonds. The Balaban J connectivity index is 2.72. The van der Waals surface area contributed by atoms with E-state index < -0.39 is 11.9 Å². The standard InChI is InChI=1S/C13H7Cl3FNO2/c1-20-13(19)7-2-3-18-12(17)10(7)6-4-8(14)11(16)9(15)5-6/h2-5H,1H3. The third kappa shape index (κ3) is 2.73. The third-order valence-corrected chi connectivity index (χ3v) is 3.78. The monoisotopic (exact) mass is 333 g/mol. The number of carbonyl (C=O) groups excluding carboxylic acids is 1. The molecule has 0 radical (unpaired) electrons. The molecule has 3 nitrogen and oxygen atoms in total. The maximum atomic E-state index is 14.0. The van der Waals surface area contributed by atoms with Crippen molar-refractivity contribution in [2.75, 3.05) is 7.11 Å². The van der Waals surface area contributed by atoms with Crippen LogP contribution in [0.3, 0.4) is 0 Å². The third-order valence-electron chi connectivity index (χ3n) is 2.58. The van der Waals surface area contributed by atoms with Crippen LogP contribution in [-0.2, 0) is 4.74 Å². The van der Waals surface area contributed by atoms with Gasteiger partial charge in [-0.3, -0.25) is 0 Å². The predicted molar refractivity (Wildman–Crippen MR) is 76.0 cm³/mol. The van der Waals surface area contributed by atoms with Gasteiger partial charge in [-0.15, -0.1) is 0 Å². The fourth-order valence-corrected chi connectivity index (χ4v) is 2.29. The lowest BCUT2D eigenvalue weighted by atomic mass is 10.0. The van der Waals surface area contributed by atoms with E-state index in [2.05, 4.69) is 9.72 Å². The van der Waals surface area contributed by atoms with Gasteiger partial charge in [0, 0.05) is 6.20 Å². The highest BCUT2D eigenvalue weighted by Crippen LogP contribution is 2.36. The quantitative estimate of drug-likeness (QED) is 0.456. The second-order valence-electron chi connectivity index (χ2n) is 3.77. The first-order valence-corrected chi connectivity index (χ1v) is 6.46. The van der Waals surface area contributed by atoms with E-state index in [0.717, 1.165) is 0 Å². The molecule has 0 N–H and O–H groups in total. The van der Waals surface area contributed by atoms with Crippen LogP contribution in [0.2, 0.25) is 15.1 Å². The van der Waals surface area contributed by atoms with Crippen molar-refractivity contribution < 1.29 is 13.9 Å². The fourth-order valence-electron chi connectivity index (χ4n) is 1.69. The fraction of sp³-hybridized carbons (Fsp3) is 0.0769. The van der Waals surface area contributed by atoms with Crippen LogP contribution < -0.4 is 0 Å². The van der Waals surface area contributed by atoms with E-state index in [9.17, 15) is 9.18 Å². The van der Waals surface area contributed by atoms with E-state index >= 15 is 0 Å². The van der Waals surface area contributed by atoms with Crippen LogP contribution in [0.1, 0.15) is 10.4 Å². The zero-order valence-electron chi connectivity index (χ0n) is 10.1. The van der Waals surface area contributed by atoms with Gasteiger partial charge in [-0.05, 0) is 23.8 Å². The topological polar surface area (TPSA) is 39.2 Å². The van der Waals surface area contributed by atoms with Gasteiger partial charge in [-0.25, -0.2) is 9.78 Å². The Morgan fingerprint density at radius 3 is 2.40 bits per heavy atom. The number of hydrogen-bond acceptors (Lipinski definition) is 3. The van der Waals surface area contributed by atoms with Gasteiger partial charge < -0.3 is 4.74 Å². The van der Waals surface area contributed by atoms with Crippen molar-refractivity contribution in [1.29, 1.82) is 0 Å². The molecule has 0 aliphatic rings. The van der Waals surface area contributed by atoms with Gasteiger partial charge >= 0.3 is 5.97 Å². The van der Waals surface area contributed by atoms with Crippen molar-refractivity contribution in [1.82, 2.24) is 4.98 Å². The van der Waals surface area contributed by atoms with Crippen LogP contribution >= 0.6 is 34.8 Å². The Kier molecular flexibility index (Phi) is 4.48. The summed E-state index contributed by atoms with van der Waals surface area (Å²) in [6, 6.07) is 4.16. The summed E-state index contributed by atoms with van der Waals surface area (Å²) in [5.74, 6) is -1.52. The molecule has 0 fully saturated rings. The van der Waals surface area contributed by atoms with Crippen molar-refractivity contribution >= 4 is 40.8 Å². The number of nitrogens with zero attached hydrogens (tertiary/aromatic N) is 1. The second-order valence-corrected chi connectivity index (χ2v) is 4.96. The number of pyridine rings is 1. The van der Waals surface area contributed by atoms with Crippen LogP contribution in [0, 0.1) is 5.95 Å². The highest BCUT2D eigenvalue weighted by Gasteiger charge is 2.20. The van der Waals surface area contributed by atoms with Gasteiger partial charge in [-0.1, -0.05) is 34.8 Å². The SMILES string of the molecule is COC(=O)c1ccnc(F)c1-c1cc(Cl)c(Cl)c(Cl)c1. The van der Waals surface area contributed by atoms with Crippen LogP contribution in [0.4, 0.5) is 4.39 Å². The minimum atomic E-state index is -0.831. The Labute approximate surface area is 129 Å². The highest BCUT2D eigenvalue weighted by molar-refractivity contribution is 6.48. The van der Waals surface area contributed by atoms with Gasteiger partial charge in [0.2, 0.25) is 5.95 Å². The summed E-state index contributed by atoms with van der Waals surface area (Å²) in [5, 5.41) is 0.447. The lowest BCUT2D eigenvalue weighted by Crippen LogP contribution is -2.06. The van der Waals surface area contributed by atoms with E-state index in [4.69, 9.17) is 34.8 Å². The number of halogens is 4. The average Bonchev–Trinajstić information content (AvgIpc) is 2.43. The van der Waals surface area contributed by atoms with E-state index in [-0.39, 0.29) is 31.8 Å². The van der Waals surface area contributed by atoms with Gasteiger partial charge in [0.1, 0.15) is 0 Å². The van der Waals surface area contributed by atoms with E-state index in [1.54, 1.807) is 0 Å². The van der Waals surface area contributed by atoms with E-state index in [1.807, 2.05) is 0 Å². The van der Waals surface area contributed by atoms with Crippen LogP contribution in [0.25, 0.3) is 11.1 Å². The molecule has 1 aromatic carbocycles. The zero-order valence-corrected chi connectivity index (χ0v) is 12.4. The Hall–Kier alpha value is -1.36. The molecule has 2 rings (SSSR count). The summed E-state index contributed by atoms with van der Waals surface area (Å²) >= 11 is 17.7. The number of carbonyl (C=O) groups is 1. The molecule has 0 aliphatic heterocycles. The zero-order chi connectivity index (χ0) is 14.9. The van der Waals surface area contributed by atoms with Crippen molar-refractivity contribution in [2.24, 2.45) is 0 Å². The molecule has 7 heteroatoms. The van der Waals surface area contributed by atoms with Crippen molar-refractivity contribution in [3.8, 4) is 11.1 Å². The van der Waals surface area contributed by atoms with Crippen LogP contribution in [0.15, 0.2) is 24.4 Å². The van der Waals surface area contributed by atoms with Crippen molar-refractivity contribution in [3.05, 3.63) is 51.0 Å². The molecule has 20 heavy (non-hydrogen) atoms. The minimum Gasteiger partial charge on any atom is -0.465 e. The van der Waals surface area contributed by atoms with Gasteiger partial charge in [0.15, 0.2) is 0 Å². The Morgan fingerprint density at radius 2 is 1.85 bits per heavy atom. The molecule has 0 saturated carbocycles. The lowest BCUT2D eigenvalue weighted by molar-refractivity contribution is 0.0601. The largest absolute Gasteiger partial charge is 0.465 e. The maximum absolute atomic E-state index is 14.0. The van der Waals surface area contributed by atoms with Crippen molar-refractivity contribution in [3.63, 3.8) is 0 Å². The molecule has 0 bridgehead atoms. The Morgan fingerprint density at radius 1 is 1.25 bits per heavy atom. The molecule has 0 atom stereocenters. The average molecular weight is 335 g/mol. The second kappa shape index (κ2) is 5.95. The summed E-state index contributed by atoms with van der Waals surface area (Å²) in [7, 11) is 1.20. The van der Waals surface area contributed by atoms with Crippen LogP contribution in [0.5, 0.6) is 0 Å². The number of methoxy groups -OCH3 is 1. The van der Waals surface area contributed by atoms with Crippen molar-refractivity contribution in [2.45, 2.75) is 0 Å². The molecule has 1 aromatic heterocycles.